The van der Waals surface area contributed by atoms with E-state index in [1.165, 1.54) is 18.5 Å². The van der Waals surface area contributed by atoms with Crippen molar-refractivity contribution in [2.45, 2.75) is 39.2 Å². The summed E-state index contributed by atoms with van der Waals surface area (Å²) in [5, 5.41) is 13.6. The largest absolute Gasteiger partial charge is 0.365 e. The minimum absolute atomic E-state index is 0.00254. The Kier molecular flexibility index (Phi) is 4.58. The minimum atomic E-state index is -2.90. The second-order valence-electron chi connectivity index (χ2n) is 8.11. The number of nitrogens with zero attached hydrogens (tertiary/aromatic N) is 6. The third kappa shape index (κ3) is 3.95. The van der Waals surface area contributed by atoms with Crippen LogP contribution in [0.25, 0.3) is 11.3 Å². The number of rotatable bonds is 7. The molecule has 0 aromatic carbocycles. The fourth-order valence-electron chi connectivity index (χ4n) is 3.83. The predicted octanol–water partition coefficient (Wildman–Crippen LogP) is 3.76. The summed E-state index contributed by atoms with van der Waals surface area (Å²) in [5.41, 5.74) is 1.86. The van der Waals surface area contributed by atoms with Crippen LogP contribution in [0.1, 0.15) is 52.8 Å². The number of carbonyl (C=O) groups excluding carboxylic acids is 2. The lowest BCUT2D eigenvalue weighted by molar-refractivity contribution is -0.117. The molecule has 176 valence electrons. The highest BCUT2D eigenvalue weighted by Crippen LogP contribution is 2.42. The first-order valence-electron chi connectivity index (χ1n) is 12.1. The fourth-order valence-corrected chi connectivity index (χ4v) is 3.83. The molecule has 34 heavy (non-hydrogen) atoms. The molecule has 1 saturated carbocycles. The van der Waals surface area contributed by atoms with E-state index in [0.717, 1.165) is 12.8 Å². The summed E-state index contributed by atoms with van der Waals surface area (Å²) < 4.78 is 48.8. The number of pyridine rings is 2. The fraction of sp³-hybridized carbons (Fsp3) is 0.364. The van der Waals surface area contributed by atoms with Gasteiger partial charge in [0, 0.05) is 47.5 Å². The SMILES string of the molecule is [2H]C([2H])([2H])CC(=O)c1cnc(NC(=O)C2CC2)cc1Nc1nccc2c1N(C)Cc1nn(C(F)F)nc1-2. The van der Waals surface area contributed by atoms with E-state index in [9.17, 15) is 18.4 Å². The van der Waals surface area contributed by atoms with Crippen molar-refractivity contribution in [3.8, 4) is 11.3 Å². The number of halogens is 2. The van der Waals surface area contributed by atoms with E-state index >= 15 is 0 Å². The summed E-state index contributed by atoms with van der Waals surface area (Å²) in [6, 6.07) is 3.06. The number of carbonyl (C=O) groups is 2. The molecule has 0 spiro atoms. The number of Topliss-reactive ketones (excluding diaryl/α,β-unsaturated/α-hetero) is 1. The van der Waals surface area contributed by atoms with Crippen molar-refractivity contribution in [1.82, 2.24) is 25.0 Å². The molecule has 12 heteroatoms. The summed E-state index contributed by atoms with van der Waals surface area (Å²) in [5.74, 6) is -0.488. The van der Waals surface area contributed by atoms with Crippen LogP contribution in [0, 0.1) is 5.92 Å². The number of alkyl halides is 2. The van der Waals surface area contributed by atoms with Crippen molar-refractivity contribution < 1.29 is 22.5 Å². The first kappa shape index (κ1) is 18.5. The molecule has 5 rings (SSSR count). The number of hydrogen-bond donors (Lipinski definition) is 2. The molecule has 1 aliphatic carbocycles. The summed E-state index contributed by atoms with van der Waals surface area (Å²) in [7, 11) is 1.73. The molecule has 0 unspecified atom stereocenters. The smallest absolute Gasteiger partial charge is 0.348 e. The number of ketones is 1. The maximum Gasteiger partial charge on any atom is 0.348 e. The molecule has 0 atom stereocenters. The van der Waals surface area contributed by atoms with Gasteiger partial charge in [-0.3, -0.25) is 9.59 Å². The summed E-state index contributed by atoms with van der Waals surface area (Å²) in [6.45, 7) is -5.21. The molecule has 10 nitrogen and oxygen atoms in total. The third-order valence-corrected chi connectivity index (χ3v) is 5.64. The lowest BCUT2D eigenvalue weighted by Gasteiger charge is -2.28. The minimum Gasteiger partial charge on any atom is -0.365 e. The zero-order chi connectivity index (χ0) is 26.5. The molecule has 0 bridgehead atoms. The molecule has 2 aliphatic rings. The van der Waals surface area contributed by atoms with E-state index in [1.54, 1.807) is 18.0 Å². The van der Waals surface area contributed by atoms with Crippen LogP contribution in [0.15, 0.2) is 24.5 Å². The van der Waals surface area contributed by atoms with Crippen LogP contribution in [0.3, 0.4) is 0 Å². The van der Waals surface area contributed by atoms with Crippen molar-refractivity contribution in [1.29, 1.82) is 0 Å². The van der Waals surface area contributed by atoms with E-state index in [4.69, 9.17) is 4.11 Å². The van der Waals surface area contributed by atoms with Crippen molar-refractivity contribution in [2.75, 3.05) is 22.6 Å². The maximum absolute atomic E-state index is 13.2. The van der Waals surface area contributed by atoms with Crippen LogP contribution in [0.2, 0.25) is 0 Å². The molecule has 3 aromatic heterocycles. The van der Waals surface area contributed by atoms with Crippen molar-refractivity contribution >= 4 is 34.7 Å². The van der Waals surface area contributed by atoms with Gasteiger partial charge in [-0.2, -0.15) is 13.9 Å². The average Bonchev–Trinajstić information content (AvgIpc) is 3.57. The van der Waals surface area contributed by atoms with E-state index in [1.807, 2.05) is 0 Å². The Morgan fingerprint density at radius 2 is 2.12 bits per heavy atom. The molecule has 0 radical (unpaired) electrons. The van der Waals surface area contributed by atoms with Crippen LogP contribution in [-0.4, -0.2) is 43.7 Å². The van der Waals surface area contributed by atoms with Gasteiger partial charge in [-0.25, -0.2) is 9.97 Å². The maximum atomic E-state index is 13.2. The highest BCUT2D eigenvalue weighted by molar-refractivity contribution is 6.03. The zero-order valence-corrected chi connectivity index (χ0v) is 18.0. The van der Waals surface area contributed by atoms with Crippen LogP contribution < -0.4 is 15.5 Å². The molecule has 1 fully saturated rings. The van der Waals surface area contributed by atoms with Gasteiger partial charge in [0.2, 0.25) is 5.91 Å². The molecule has 1 aliphatic heterocycles. The van der Waals surface area contributed by atoms with Gasteiger partial charge in [0.25, 0.3) is 0 Å². The summed E-state index contributed by atoms with van der Waals surface area (Å²) >= 11 is 0. The van der Waals surface area contributed by atoms with E-state index < -0.39 is 25.6 Å². The molecule has 4 heterocycles. The number of nitrogens with one attached hydrogen (secondary N) is 2. The van der Waals surface area contributed by atoms with Gasteiger partial charge < -0.3 is 15.5 Å². The number of anilines is 4. The van der Waals surface area contributed by atoms with Gasteiger partial charge in [-0.1, -0.05) is 6.85 Å². The Morgan fingerprint density at radius 3 is 2.85 bits per heavy atom. The third-order valence-electron chi connectivity index (χ3n) is 5.64. The second-order valence-corrected chi connectivity index (χ2v) is 8.11. The molecule has 2 N–H and O–H groups in total. The van der Waals surface area contributed by atoms with Gasteiger partial charge in [-0.15, -0.1) is 9.90 Å². The molecular weight excluding hydrogens is 446 g/mol. The van der Waals surface area contributed by atoms with Crippen LogP contribution in [-0.2, 0) is 11.3 Å². The van der Waals surface area contributed by atoms with Gasteiger partial charge >= 0.3 is 6.55 Å². The van der Waals surface area contributed by atoms with Gasteiger partial charge in [-0.05, 0) is 18.9 Å². The van der Waals surface area contributed by atoms with Crippen LogP contribution in [0.4, 0.5) is 31.8 Å². The highest BCUT2D eigenvalue weighted by Gasteiger charge is 2.31. The number of fused-ring (bicyclic) bond motifs is 3. The Bertz CT molecular complexity index is 1390. The lowest BCUT2D eigenvalue weighted by atomic mass is 10.0. The molecular formula is C22H22F2N8O2. The zero-order valence-electron chi connectivity index (χ0n) is 21.0. The first-order chi connectivity index (χ1) is 17.5. The van der Waals surface area contributed by atoms with Crippen molar-refractivity contribution in [3.05, 3.63) is 35.8 Å². The van der Waals surface area contributed by atoms with Gasteiger partial charge in [0.1, 0.15) is 17.2 Å². The first-order valence-corrected chi connectivity index (χ1v) is 10.6. The molecule has 1 amide bonds. The Hall–Kier alpha value is -3.96. The van der Waals surface area contributed by atoms with Crippen molar-refractivity contribution in [2.24, 2.45) is 5.92 Å². The van der Waals surface area contributed by atoms with Gasteiger partial charge in [0.05, 0.1) is 23.5 Å². The Morgan fingerprint density at radius 1 is 1.29 bits per heavy atom. The lowest BCUT2D eigenvalue weighted by Crippen LogP contribution is -2.23. The standard InChI is InChI=1S/C22H22F2N8O2/c1-3-16(33)13-9-26-17(28-21(34)11-4-5-11)8-14(13)27-20-19-12(6-7-25-20)18-15(10-31(19)2)29-32(30-18)22(23)24/h6-9,11,22H,3-5,10H2,1-2H3,(H2,25,26,27,28,34)/i1D3. The number of amides is 1. The Labute approximate surface area is 197 Å². The number of aromatic nitrogens is 5. The number of hydrogen-bond acceptors (Lipinski definition) is 8. The van der Waals surface area contributed by atoms with Crippen LogP contribution >= 0.6 is 0 Å². The molecule has 0 saturated heterocycles. The van der Waals surface area contributed by atoms with E-state index in [2.05, 4.69) is 30.8 Å². The summed E-state index contributed by atoms with van der Waals surface area (Å²) in [4.78, 5) is 35.7. The van der Waals surface area contributed by atoms with Crippen molar-refractivity contribution in [3.63, 3.8) is 0 Å². The van der Waals surface area contributed by atoms with Crippen LogP contribution in [0.5, 0.6) is 0 Å². The second kappa shape index (κ2) is 8.43. The monoisotopic (exact) mass is 471 g/mol. The topological polar surface area (TPSA) is 118 Å². The Balaban J connectivity index is 1.54. The average molecular weight is 471 g/mol. The van der Waals surface area contributed by atoms with E-state index in [0.29, 0.717) is 21.7 Å². The highest BCUT2D eigenvalue weighted by atomic mass is 19.3. The van der Waals surface area contributed by atoms with E-state index in [-0.39, 0.29) is 47.0 Å². The predicted molar refractivity (Wildman–Crippen MR) is 120 cm³/mol. The molecule has 3 aromatic rings. The summed E-state index contributed by atoms with van der Waals surface area (Å²) in [6.07, 6.45) is 3.53. The normalized spacial score (nSPS) is 16.2. The quantitative estimate of drug-likeness (QED) is 0.500. The van der Waals surface area contributed by atoms with Gasteiger partial charge in [0.15, 0.2) is 11.6 Å².